The van der Waals surface area contributed by atoms with Crippen molar-refractivity contribution in [2.24, 2.45) is 11.3 Å². The van der Waals surface area contributed by atoms with Gasteiger partial charge in [-0.2, -0.15) is 0 Å². The molecule has 0 aromatic heterocycles. The van der Waals surface area contributed by atoms with Crippen molar-refractivity contribution in [3.05, 3.63) is 119 Å². The lowest BCUT2D eigenvalue weighted by Gasteiger charge is -2.54. The molecule has 2 heterocycles. The predicted octanol–water partition coefficient (Wildman–Crippen LogP) is 11.0. The van der Waals surface area contributed by atoms with Crippen LogP contribution >= 0.6 is 0 Å². The van der Waals surface area contributed by atoms with Crippen LogP contribution in [0.4, 0.5) is 0 Å². The van der Waals surface area contributed by atoms with E-state index in [9.17, 15) is 19.8 Å². The molecule has 9 heteroatoms. The van der Waals surface area contributed by atoms with E-state index in [0.717, 1.165) is 90.8 Å². The molecule has 2 N–H and O–H groups in total. The highest BCUT2D eigenvalue weighted by molar-refractivity contribution is 5.71. The van der Waals surface area contributed by atoms with Crippen LogP contribution in [0.2, 0.25) is 0 Å². The molecule has 2 fully saturated rings. The van der Waals surface area contributed by atoms with Gasteiger partial charge in [0.1, 0.15) is 23.0 Å². The number of piperidine rings is 1. The fourth-order valence-corrected chi connectivity index (χ4v) is 8.75. The Hall–Kier alpha value is -5.12. The minimum atomic E-state index is -1.03. The third kappa shape index (κ3) is 10.3. The van der Waals surface area contributed by atoms with Crippen LogP contribution in [0, 0.1) is 18.3 Å². The van der Waals surface area contributed by atoms with E-state index in [-0.39, 0.29) is 23.5 Å². The molecule has 0 aliphatic carbocycles. The fourth-order valence-electron chi connectivity index (χ4n) is 8.75. The van der Waals surface area contributed by atoms with E-state index >= 15 is 0 Å². The summed E-state index contributed by atoms with van der Waals surface area (Å²) >= 11 is 0. The molecule has 4 aromatic carbocycles. The minimum absolute atomic E-state index is 0.00526. The van der Waals surface area contributed by atoms with Crippen LogP contribution in [-0.2, 0) is 20.9 Å². The summed E-state index contributed by atoms with van der Waals surface area (Å²) in [7, 11) is 0. The highest BCUT2D eigenvalue weighted by Crippen LogP contribution is 2.56. The lowest BCUT2D eigenvalue weighted by molar-refractivity contribution is -0.174. The molecule has 6 rings (SSSR count). The Labute approximate surface area is 343 Å². The van der Waals surface area contributed by atoms with Gasteiger partial charge >= 0.3 is 11.9 Å². The molecule has 0 radical (unpaired) electrons. The number of likely N-dealkylation sites (tertiary alicyclic amines) is 1. The van der Waals surface area contributed by atoms with Crippen molar-refractivity contribution in [2.75, 3.05) is 26.3 Å². The Balaban J connectivity index is 1.27. The van der Waals surface area contributed by atoms with E-state index in [0.29, 0.717) is 29.7 Å². The Morgan fingerprint density at radius 1 is 0.879 bits per heavy atom. The lowest BCUT2D eigenvalue weighted by Crippen LogP contribution is -2.52. The van der Waals surface area contributed by atoms with Crippen molar-refractivity contribution in [3.8, 4) is 34.1 Å². The van der Waals surface area contributed by atoms with Crippen molar-refractivity contribution in [2.45, 2.75) is 97.8 Å². The summed E-state index contributed by atoms with van der Waals surface area (Å²) in [5, 5.41) is 19.1. The quantitative estimate of drug-likeness (QED) is 0.101. The molecule has 0 amide bonds. The number of nitrogens with zero attached hydrogens (tertiary/aromatic N) is 1. The molecule has 58 heavy (non-hydrogen) atoms. The van der Waals surface area contributed by atoms with E-state index in [1.54, 1.807) is 6.07 Å². The van der Waals surface area contributed by atoms with E-state index < -0.39 is 25.2 Å². The van der Waals surface area contributed by atoms with Gasteiger partial charge < -0.3 is 29.2 Å². The van der Waals surface area contributed by atoms with Crippen LogP contribution in [0.3, 0.4) is 0 Å². The maximum absolute atomic E-state index is 11.8. The molecule has 308 valence electrons. The SMILES string of the molecule is C=C(C)[C@@H]1CC2(CCN(Cc3cc(Oc4ccccc4)ccc3OCC(=O)O)CC2)[C@@H](CCCC)O[C@H]1c1c(C)cc(-c2ccc(C(C)C)cc2)cc1OCC(=O)O. The smallest absolute Gasteiger partial charge is 0.341 e. The van der Waals surface area contributed by atoms with Gasteiger partial charge in [-0.25, -0.2) is 9.59 Å². The van der Waals surface area contributed by atoms with Gasteiger partial charge in [0.15, 0.2) is 13.2 Å². The first kappa shape index (κ1) is 42.5. The zero-order valence-corrected chi connectivity index (χ0v) is 34.7. The molecule has 1 spiro atoms. The summed E-state index contributed by atoms with van der Waals surface area (Å²) in [6, 6.07) is 27.8. The number of carboxylic acid groups (broad SMARTS) is 2. The van der Waals surface area contributed by atoms with Crippen molar-refractivity contribution < 1.29 is 38.7 Å². The Morgan fingerprint density at radius 3 is 2.17 bits per heavy atom. The first-order valence-corrected chi connectivity index (χ1v) is 20.7. The standard InChI is InChI=1S/C49H59NO8/c1-7-8-14-44-49(21-23-50(24-22-49)29-38-26-40(57-39-12-10-9-11-13-39)19-20-42(38)55-30-45(51)52)28-41(33(4)5)48(58-44)47-34(6)25-37(27-43(47)56-31-46(53)54)36-17-15-35(16-18-36)32(2)3/h9-13,15-20,25-27,32,41,44,48H,4,7-8,14,21-24,28-31H2,1-3,5-6H3,(H,51,52)(H,53,54)/t41-,44+,48+/m0/s1. The lowest BCUT2D eigenvalue weighted by atomic mass is 9.62. The maximum Gasteiger partial charge on any atom is 0.341 e. The number of aliphatic carboxylic acids is 2. The van der Waals surface area contributed by atoms with Gasteiger partial charge in [-0.1, -0.05) is 94.3 Å². The summed E-state index contributed by atoms with van der Waals surface area (Å²) in [6.07, 6.45) is 5.41. The summed E-state index contributed by atoms with van der Waals surface area (Å²) in [6.45, 7) is 16.6. The molecule has 4 aromatic rings. The number of hydrogen-bond donors (Lipinski definition) is 2. The average Bonchev–Trinajstić information content (AvgIpc) is 3.20. The van der Waals surface area contributed by atoms with Gasteiger partial charge in [-0.05, 0) is 123 Å². The number of ether oxygens (including phenoxy) is 4. The predicted molar refractivity (Wildman–Crippen MR) is 227 cm³/mol. The van der Waals surface area contributed by atoms with E-state index in [2.05, 4.69) is 76.4 Å². The normalized spacial score (nSPS) is 19.2. The number of carboxylic acids is 2. The number of aryl methyl sites for hydroxylation is 1. The molecule has 0 saturated carbocycles. The molecular weight excluding hydrogens is 731 g/mol. The summed E-state index contributed by atoms with van der Waals surface area (Å²) < 4.78 is 25.4. The van der Waals surface area contributed by atoms with Crippen molar-refractivity contribution in [3.63, 3.8) is 0 Å². The Bertz CT molecular complexity index is 2030. The first-order chi connectivity index (χ1) is 27.9. The van der Waals surface area contributed by atoms with Gasteiger partial charge in [-0.15, -0.1) is 0 Å². The largest absolute Gasteiger partial charge is 0.482 e. The van der Waals surface area contributed by atoms with Crippen LogP contribution in [0.1, 0.15) is 100 Å². The Morgan fingerprint density at radius 2 is 1.55 bits per heavy atom. The van der Waals surface area contributed by atoms with Crippen LogP contribution in [0.5, 0.6) is 23.0 Å². The molecular formula is C49H59NO8. The van der Waals surface area contributed by atoms with Gasteiger partial charge in [0.05, 0.1) is 12.2 Å². The van der Waals surface area contributed by atoms with E-state index in [4.69, 9.17) is 18.9 Å². The van der Waals surface area contributed by atoms with Gasteiger partial charge in [-0.3, -0.25) is 4.90 Å². The zero-order valence-electron chi connectivity index (χ0n) is 34.7. The monoisotopic (exact) mass is 789 g/mol. The van der Waals surface area contributed by atoms with Crippen LogP contribution in [0.25, 0.3) is 11.1 Å². The highest BCUT2D eigenvalue weighted by atomic mass is 16.5. The number of benzene rings is 4. The molecule has 9 nitrogen and oxygen atoms in total. The second-order valence-electron chi connectivity index (χ2n) is 16.5. The van der Waals surface area contributed by atoms with Crippen LogP contribution in [-0.4, -0.2) is 59.5 Å². The molecule has 2 aliphatic rings. The average molecular weight is 790 g/mol. The molecule has 0 unspecified atom stereocenters. The van der Waals surface area contributed by atoms with Crippen LogP contribution in [0.15, 0.2) is 97.1 Å². The molecule has 3 atom stereocenters. The summed E-state index contributed by atoms with van der Waals surface area (Å²) in [5.41, 5.74) is 7.00. The number of unbranched alkanes of at least 4 members (excludes halogenated alkanes) is 1. The van der Waals surface area contributed by atoms with Gasteiger partial charge in [0, 0.05) is 23.6 Å². The maximum atomic E-state index is 11.8. The first-order valence-electron chi connectivity index (χ1n) is 20.7. The van der Waals surface area contributed by atoms with Gasteiger partial charge in [0.25, 0.3) is 0 Å². The van der Waals surface area contributed by atoms with Crippen LogP contribution < -0.4 is 14.2 Å². The zero-order chi connectivity index (χ0) is 41.4. The molecule has 2 aliphatic heterocycles. The van der Waals surface area contributed by atoms with Crippen molar-refractivity contribution >= 4 is 11.9 Å². The highest BCUT2D eigenvalue weighted by Gasteiger charge is 2.50. The third-order valence-electron chi connectivity index (χ3n) is 11.9. The second-order valence-corrected chi connectivity index (χ2v) is 16.5. The van der Waals surface area contributed by atoms with Crippen molar-refractivity contribution in [1.29, 1.82) is 0 Å². The number of para-hydroxylation sites is 1. The summed E-state index contributed by atoms with van der Waals surface area (Å²) in [4.78, 5) is 25.7. The van der Waals surface area contributed by atoms with Gasteiger partial charge in [0.2, 0.25) is 0 Å². The Kier molecular flexibility index (Phi) is 14.0. The second kappa shape index (κ2) is 19.1. The topological polar surface area (TPSA) is 115 Å². The summed E-state index contributed by atoms with van der Waals surface area (Å²) in [5.74, 6) is 0.809. The van der Waals surface area contributed by atoms with Crippen molar-refractivity contribution in [1.82, 2.24) is 4.90 Å². The van der Waals surface area contributed by atoms with E-state index in [1.807, 2.05) is 48.5 Å². The number of hydrogen-bond acceptors (Lipinski definition) is 7. The molecule has 2 saturated heterocycles. The fraction of sp³-hybridized carbons (Fsp3) is 0.429. The number of carbonyl (C=O) groups is 2. The van der Waals surface area contributed by atoms with E-state index in [1.165, 1.54) is 5.56 Å². The third-order valence-corrected chi connectivity index (χ3v) is 11.9. The number of rotatable bonds is 17. The minimum Gasteiger partial charge on any atom is -0.482 e. The molecule has 0 bridgehead atoms.